The van der Waals surface area contributed by atoms with Gasteiger partial charge in [-0.15, -0.1) is 0 Å². The van der Waals surface area contributed by atoms with Gasteiger partial charge in [0.15, 0.2) is 0 Å². The number of hydrogen-bond acceptors (Lipinski definition) is 7. The quantitative estimate of drug-likeness (QED) is 0.536. The molecule has 0 radical (unpaired) electrons. The highest BCUT2D eigenvalue weighted by Gasteiger charge is 2.24. The van der Waals surface area contributed by atoms with E-state index in [9.17, 15) is 10.1 Å². The summed E-state index contributed by atoms with van der Waals surface area (Å²) in [7, 11) is 0. The van der Waals surface area contributed by atoms with Crippen molar-refractivity contribution >= 4 is 46.2 Å². The van der Waals surface area contributed by atoms with Crippen LogP contribution in [0.3, 0.4) is 0 Å². The van der Waals surface area contributed by atoms with E-state index in [-0.39, 0.29) is 22.9 Å². The molecule has 2 aromatic rings. The van der Waals surface area contributed by atoms with E-state index in [1.165, 1.54) is 6.33 Å². The minimum absolute atomic E-state index is 0.00243. The molecule has 1 aromatic carbocycles. The fourth-order valence-electron chi connectivity index (χ4n) is 1.70. The molecule has 8 nitrogen and oxygen atoms in total. The van der Waals surface area contributed by atoms with E-state index in [0.717, 1.165) is 0 Å². The second-order valence-electron chi connectivity index (χ2n) is 5.93. The lowest BCUT2D eigenvalue weighted by Crippen LogP contribution is -2.40. The first-order valence-electron chi connectivity index (χ1n) is 6.92. The van der Waals surface area contributed by atoms with E-state index >= 15 is 0 Å². The second kappa shape index (κ2) is 7.16. The number of rotatable bonds is 5. The third-order valence-corrected chi connectivity index (χ3v) is 3.31. The molecule has 0 aliphatic rings. The van der Waals surface area contributed by atoms with Crippen LogP contribution in [0.5, 0.6) is 0 Å². The highest BCUT2D eigenvalue weighted by atomic mass is 35.5. The largest absolute Gasteiger partial charge is 0.354 e. The molecule has 1 aromatic heterocycles. The summed E-state index contributed by atoms with van der Waals surface area (Å²) in [6.07, 6.45) is 1.21. The van der Waals surface area contributed by atoms with Crippen molar-refractivity contribution in [1.29, 1.82) is 0 Å². The standard InChI is InChI=1S/C14H16Cl2N6O2/c1-14(2,3)21-20-13-11(22(23)24)12(17-7-18-13)19-10-6-8(15)4-5-9(10)16/h4-7,21H,1-3H3,(H2,17,18,19,20). The van der Waals surface area contributed by atoms with Gasteiger partial charge in [-0.05, 0) is 39.0 Å². The molecule has 128 valence electrons. The molecule has 0 unspecified atom stereocenters. The summed E-state index contributed by atoms with van der Waals surface area (Å²) in [6, 6.07) is 4.75. The Labute approximate surface area is 148 Å². The number of aromatic nitrogens is 2. The Morgan fingerprint density at radius 2 is 1.83 bits per heavy atom. The van der Waals surface area contributed by atoms with E-state index in [2.05, 4.69) is 26.1 Å². The zero-order valence-electron chi connectivity index (χ0n) is 13.2. The van der Waals surface area contributed by atoms with Crippen molar-refractivity contribution in [3.8, 4) is 0 Å². The fourth-order valence-corrected chi connectivity index (χ4v) is 2.04. The van der Waals surface area contributed by atoms with Crippen molar-refractivity contribution in [1.82, 2.24) is 15.4 Å². The van der Waals surface area contributed by atoms with Gasteiger partial charge in [0.25, 0.3) is 0 Å². The molecule has 0 saturated heterocycles. The number of nitro groups is 1. The molecule has 2 rings (SSSR count). The fraction of sp³-hybridized carbons (Fsp3) is 0.286. The van der Waals surface area contributed by atoms with Crippen molar-refractivity contribution in [3.05, 3.63) is 44.7 Å². The van der Waals surface area contributed by atoms with Crippen molar-refractivity contribution in [2.45, 2.75) is 26.3 Å². The van der Waals surface area contributed by atoms with E-state index in [1.54, 1.807) is 18.2 Å². The Kier molecular flexibility index (Phi) is 5.43. The highest BCUT2D eigenvalue weighted by Crippen LogP contribution is 2.34. The molecule has 0 bridgehead atoms. The maximum absolute atomic E-state index is 11.5. The first-order valence-corrected chi connectivity index (χ1v) is 7.67. The van der Waals surface area contributed by atoms with Crippen LogP contribution in [0, 0.1) is 10.1 Å². The van der Waals surface area contributed by atoms with Gasteiger partial charge in [0.2, 0.25) is 11.6 Å². The molecule has 0 aliphatic heterocycles. The van der Waals surface area contributed by atoms with Crippen LogP contribution in [0.25, 0.3) is 0 Å². The second-order valence-corrected chi connectivity index (χ2v) is 6.77. The Morgan fingerprint density at radius 3 is 2.46 bits per heavy atom. The van der Waals surface area contributed by atoms with Gasteiger partial charge in [-0.3, -0.25) is 15.5 Å². The summed E-state index contributed by atoms with van der Waals surface area (Å²) in [6.45, 7) is 5.70. The molecular formula is C14H16Cl2N6O2. The molecule has 0 fully saturated rings. The Balaban J connectivity index is 2.39. The first-order chi connectivity index (χ1) is 11.2. The van der Waals surface area contributed by atoms with Crippen LogP contribution in [0.15, 0.2) is 24.5 Å². The lowest BCUT2D eigenvalue weighted by Gasteiger charge is -2.21. The minimum atomic E-state index is -0.576. The van der Waals surface area contributed by atoms with E-state index in [4.69, 9.17) is 23.2 Å². The summed E-state index contributed by atoms with van der Waals surface area (Å²) in [4.78, 5) is 18.7. The predicted molar refractivity (Wildman–Crippen MR) is 94.9 cm³/mol. The molecular weight excluding hydrogens is 355 g/mol. The molecule has 0 aliphatic carbocycles. The molecule has 0 saturated carbocycles. The maximum Gasteiger partial charge on any atom is 0.354 e. The predicted octanol–water partition coefficient (Wildman–Crippen LogP) is 4.15. The zero-order chi connectivity index (χ0) is 17.9. The molecule has 0 spiro atoms. The summed E-state index contributed by atoms with van der Waals surface area (Å²) in [5, 5.41) is 15.1. The first kappa shape index (κ1) is 18.2. The van der Waals surface area contributed by atoms with Crippen LogP contribution in [-0.4, -0.2) is 20.4 Å². The third kappa shape index (κ3) is 4.67. The SMILES string of the molecule is CC(C)(C)NNc1ncnc(Nc2cc(Cl)ccc2Cl)c1[N+](=O)[O-]. The molecule has 0 amide bonds. The van der Waals surface area contributed by atoms with Gasteiger partial charge in [-0.2, -0.15) is 0 Å². The van der Waals surface area contributed by atoms with E-state index in [1.807, 2.05) is 20.8 Å². The van der Waals surface area contributed by atoms with Gasteiger partial charge in [0, 0.05) is 10.6 Å². The topological polar surface area (TPSA) is 105 Å². The smallest absolute Gasteiger partial charge is 0.333 e. The number of nitrogens with zero attached hydrogens (tertiary/aromatic N) is 3. The van der Waals surface area contributed by atoms with Crippen LogP contribution in [-0.2, 0) is 0 Å². The van der Waals surface area contributed by atoms with Crippen LogP contribution >= 0.6 is 23.2 Å². The van der Waals surface area contributed by atoms with Crippen LogP contribution < -0.4 is 16.2 Å². The number of nitrogens with one attached hydrogen (secondary N) is 3. The Hall–Kier alpha value is -2.16. The highest BCUT2D eigenvalue weighted by molar-refractivity contribution is 6.35. The summed E-state index contributed by atoms with van der Waals surface area (Å²) in [5.74, 6) is 0.0305. The van der Waals surface area contributed by atoms with Crippen molar-refractivity contribution in [3.63, 3.8) is 0 Å². The number of anilines is 3. The van der Waals surface area contributed by atoms with Crippen LogP contribution in [0.2, 0.25) is 10.0 Å². The minimum Gasteiger partial charge on any atom is -0.333 e. The van der Waals surface area contributed by atoms with Crippen molar-refractivity contribution in [2.24, 2.45) is 0 Å². The normalized spacial score (nSPS) is 11.2. The zero-order valence-corrected chi connectivity index (χ0v) is 14.7. The number of halogens is 2. The Bertz CT molecular complexity index is 763. The van der Waals surface area contributed by atoms with Crippen LogP contribution in [0.4, 0.5) is 23.0 Å². The van der Waals surface area contributed by atoms with Gasteiger partial charge in [0.1, 0.15) is 6.33 Å². The van der Waals surface area contributed by atoms with Crippen LogP contribution in [0.1, 0.15) is 20.8 Å². The summed E-state index contributed by atoms with van der Waals surface area (Å²) >= 11 is 12.0. The average Bonchev–Trinajstić information content (AvgIpc) is 2.48. The molecule has 24 heavy (non-hydrogen) atoms. The Morgan fingerprint density at radius 1 is 1.17 bits per heavy atom. The van der Waals surface area contributed by atoms with Gasteiger partial charge in [0.05, 0.1) is 15.6 Å². The van der Waals surface area contributed by atoms with E-state index < -0.39 is 4.92 Å². The molecule has 3 N–H and O–H groups in total. The van der Waals surface area contributed by atoms with Crippen molar-refractivity contribution < 1.29 is 4.92 Å². The maximum atomic E-state index is 11.5. The molecule has 10 heteroatoms. The lowest BCUT2D eigenvalue weighted by atomic mass is 10.1. The van der Waals surface area contributed by atoms with Gasteiger partial charge < -0.3 is 5.32 Å². The number of hydrazine groups is 1. The third-order valence-electron chi connectivity index (χ3n) is 2.74. The monoisotopic (exact) mass is 370 g/mol. The molecule has 1 heterocycles. The lowest BCUT2D eigenvalue weighted by molar-refractivity contribution is -0.383. The average molecular weight is 371 g/mol. The summed E-state index contributed by atoms with van der Waals surface area (Å²) in [5.41, 5.74) is 5.44. The number of benzene rings is 1. The van der Waals surface area contributed by atoms with E-state index in [0.29, 0.717) is 15.7 Å². The summed E-state index contributed by atoms with van der Waals surface area (Å²) < 4.78 is 0. The van der Waals surface area contributed by atoms with Crippen molar-refractivity contribution in [2.75, 3.05) is 10.7 Å². The van der Waals surface area contributed by atoms with Gasteiger partial charge in [-0.25, -0.2) is 15.4 Å². The van der Waals surface area contributed by atoms with Gasteiger partial charge >= 0.3 is 5.69 Å². The molecule has 0 atom stereocenters. The number of hydrogen-bond donors (Lipinski definition) is 3. The van der Waals surface area contributed by atoms with Gasteiger partial charge in [-0.1, -0.05) is 23.2 Å².